The first-order valence-electron chi connectivity index (χ1n) is 7.33. The van der Waals surface area contributed by atoms with Crippen molar-refractivity contribution in [2.24, 2.45) is 0 Å². The van der Waals surface area contributed by atoms with Gasteiger partial charge >= 0.3 is 0 Å². The Hall–Kier alpha value is -2.48. The lowest BCUT2D eigenvalue weighted by Crippen LogP contribution is -2.34. The van der Waals surface area contributed by atoms with Gasteiger partial charge in [0.25, 0.3) is 0 Å². The van der Waals surface area contributed by atoms with Crippen molar-refractivity contribution in [2.45, 2.75) is 33.0 Å². The molecule has 114 valence electrons. The average Bonchev–Trinajstić information content (AvgIpc) is 3.27. The van der Waals surface area contributed by atoms with Crippen LogP contribution in [0.3, 0.4) is 0 Å². The van der Waals surface area contributed by atoms with Gasteiger partial charge in [0.15, 0.2) is 5.76 Å². The number of hydrogen-bond acceptors (Lipinski definition) is 7. The van der Waals surface area contributed by atoms with Crippen LogP contribution in [0.1, 0.15) is 24.5 Å². The van der Waals surface area contributed by atoms with Crippen molar-refractivity contribution >= 4 is 0 Å². The van der Waals surface area contributed by atoms with Crippen LogP contribution in [-0.2, 0) is 26.1 Å². The Morgan fingerprint density at radius 3 is 3.05 bits per heavy atom. The molecule has 0 saturated heterocycles. The van der Waals surface area contributed by atoms with E-state index in [0.29, 0.717) is 24.0 Å². The lowest BCUT2D eigenvalue weighted by atomic mass is 10.3. The molecule has 0 spiro atoms. The Morgan fingerprint density at radius 2 is 2.23 bits per heavy atom. The maximum absolute atomic E-state index is 5.30. The topological polar surface area (TPSA) is 86.0 Å². The standard InChI is InChI=1S/C14H16N6O2/c1-2-11-16-17-12-8-19(5-6-20(11)12)9-13-15-14(18-22-13)10-4-3-7-21-10/h3-4,7H,2,5-6,8-9H2,1H3. The molecule has 8 nitrogen and oxygen atoms in total. The Balaban J connectivity index is 1.46. The molecule has 22 heavy (non-hydrogen) atoms. The van der Waals surface area contributed by atoms with Crippen molar-refractivity contribution in [3.63, 3.8) is 0 Å². The first-order chi connectivity index (χ1) is 10.8. The fourth-order valence-electron chi connectivity index (χ4n) is 2.68. The second kappa shape index (κ2) is 5.38. The van der Waals surface area contributed by atoms with Gasteiger partial charge in [-0.1, -0.05) is 12.1 Å². The highest BCUT2D eigenvalue weighted by Gasteiger charge is 2.22. The highest BCUT2D eigenvalue weighted by Crippen LogP contribution is 2.18. The summed E-state index contributed by atoms with van der Waals surface area (Å²) >= 11 is 0. The summed E-state index contributed by atoms with van der Waals surface area (Å²) in [6.07, 6.45) is 2.50. The van der Waals surface area contributed by atoms with Crippen LogP contribution in [0.4, 0.5) is 0 Å². The first kappa shape index (κ1) is 13.2. The Kier molecular flexibility index (Phi) is 3.23. The molecule has 0 bridgehead atoms. The summed E-state index contributed by atoms with van der Waals surface area (Å²) in [5.41, 5.74) is 0. The van der Waals surface area contributed by atoms with Crippen LogP contribution in [0.2, 0.25) is 0 Å². The number of nitrogens with zero attached hydrogens (tertiary/aromatic N) is 6. The molecule has 3 aromatic heterocycles. The molecule has 0 atom stereocenters. The minimum atomic E-state index is 0.480. The highest BCUT2D eigenvalue weighted by atomic mass is 16.5. The summed E-state index contributed by atoms with van der Waals surface area (Å²) in [7, 11) is 0. The van der Waals surface area contributed by atoms with Gasteiger partial charge in [0.2, 0.25) is 11.7 Å². The Bertz CT molecular complexity index is 760. The van der Waals surface area contributed by atoms with Crippen LogP contribution in [0.15, 0.2) is 27.3 Å². The Labute approximate surface area is 126 Å². The van der Waals surface area contributed by atoms with Gasteiger partial charge in [-0.15, -0.1) is 10.2 Å². The number of fused-ring (bicyclic) bond motifs is 1. The van der Waals surface area contributed by atoms with Gasteiger partial charge in [0, 0.05) is 19.5 Å². The van der Waals surface area contributed by atoms with E-state index in [2.05, 4.69) is 36.7 Å². The fraction of sp³-hybridized carbons (Fsp3) is 0.429. The second-order valence-electron chi connectivity index (χ2n) is 5.24. The summed E-state index contributed by atoms with van der Waals surface area (Å²) in [6.45, 7) is 5.24. The lowest BCUT2D eigenvalue weighted by Gasteiger charge is -2.26. The zero-order valence-corrected chi connectivity index (χ0v) is 12.3. The molecule has 0 aliphatic carbocycles. The van der Waals surface area contributed by atoms with Crippen LogP contribution in [-0.4, -0.2) is 36.3 Å². The summed E-state index contributed by atoms with van der Waals surface area (Å²) in [6, 6.07) is 3.61. The third-order valence-electron chi connectivity index (χ3n) is 3.79. The minimum Gasteiger partial charge on any atom is -0.461 e. The average molecular weight is 300 g/mol. The number of hydrogen-bond donors (Lipinski definition) is 0. The number of rotatable bonds is 4. The van der Waals surface area contributed by atoms with E-state index in [-0.39, 0.29) is 0 Å². The molecule has 0 unspecified atom stereocenters. The van der Waals surface area contributed by atoms with Crippen molar-refractivity contribution in [2.75, 3.05) is 6.54 Å². The predicted octanol–water partition coefficient (Wildman–Crippen LogP) is 1.50. The van der Waals surface area contributed by atoms with Gasteiger partial charge in [-0.05, 0) is 12.1 Å². The molecule has 0 N–H and O–H groups in total. The molecule has 1 aliphatic rings. The summed E-state index contributed by atoms with van der Waals surface area (Å²) in [5.74, 6) is 3.71. The van der Waals surface area contributed by atoms with Crippen molar-refractivity contribution in [3.8, 4) is 11.6 Å². The molecule has 3 aromatic rings. The van der Waals surface area contributed by atoms with Crippen LogP contribution in [0, 0.1) is 0 Å². The highest BCUT2D eigenvalue weighted by molar-refractivity contribution is 5.44. The van der Waals surface area contributed by atoms with Crippen LogP contribution >= 0.6 is 0 Å². The monoisotopic (exact) mass is 300 g/mol. The number of aromatic nitrogens is 5. The molecule has 0 amide bonds. The maximum atomic E-state index is 5.30. The lowest BCUT2D eigenvalue weighted by molar-refractivity contribution is 0.182. The fourth-order valence-corrected chi connectivity index (χ4v) is 2.68. The molecule has 4 heterocycles. The summed E-state index contributed by atoms with van der Waals surface area (Å²) in [4.78, 5) is 6.59. The van der Waals surface area contributed by atoms with Gasteiger partial charge in [-0.2, -0.15) is 4.98 Å². The normalized spacial score (nSPS) is 15.1. The SMILES string of the molecule is CCc1nnc2n1CCN(Cc1nc(-c3ccco3)no1)C2. The zero-order chi connectivity index (χ0) is 14.9. The van der Waals surface area contributed by atoms with Crippen molar-refractivity contribution in [1.82, 2.24) is 29.8 Å². The van der Waals surface area contributed by atoms with E-state index in [1.807, 2.05) is 6.07 Å². The first-order valence-corrected chi connectivity index (χ1v) is 7.33. The molecule has 0 saturated carbocycles. The van der Waals surface area contributed by atoms with E-state index in [9.17, 15) is 0 Å². The van der Waals surface area contributed by atoms with E-state index >= 15 is 0 Å². The third-order valence-corrected chi connectivity index (χ3v) is 3.79. The van der Waals surface area contributed by atoms with Gasteiger partial charge in [-0.3, -0.25) is 4.90 Å². The molecule has 0 radical (unpaired) electrons. The minimum absolute atomic E-state index is 0.480. The van der Waals surface area contributed by atoms with E-state index < -0.39 is 0 Å². The van der Waals surface area contributed by atoms with Crippen molar-refractivity contribution in [1.29, 1.82) is 0 Å². The second-order valence-corrected chi connectivity index (χ2v) is 5.24. The molecular weight excluding hydrogens is 284 g/mol. The summed E-state index contributed by atoms with van der Waals surface area (Å²) < 4.78 is 12.8. The smallest absolute Gasteiger partial charge is 0.241 e. The number of aryl methyl sites for hydroxylation is 1. The third kappa shape index (κ3) is 2.31. The molecule has 1 aliphatic heterocycles. The largest absolute Gasteiger partial charge is 0.461 e. The molecular formula is C14H16N6O2. The summed E-state index contributed by atoms with van der Waals surface area (Å²) in [5, 5.41) is 12.4. The number of furan rings is 1. The predicted molar refractivity (Wildman–Crippen MR) is 75.5 cm³/mol. The van der Waals surface area contributed by atoms with Crippen molar-refractivity contribution < 1.29 is 8.94 Å². The van der Waals surface area contributed by atoms with Crippen LogP contribution < -0.4 is 0 Å². The van der Waals surface area contributed by atoms with Gasteiger partial charge in [0.05, 0.1) is 19.4 Å². The zero-order valence-electron chi connectivity index (χ0n) is 12.3. The van der Waals surface area contributed by atoms with E-state index in [4.69, 9.17) is 8.94 Å². The quantitative estimate of drug-likeness (QED) is 0.721. The van der Waals surface area contributed by atoms with E-state index in [1.165, 1.54) is 0 Å². The van der Waals surface area contributed by atoms with Gasteiger partial charge < -0.3 is 13.5 Å². The van der Waals surface area contributed by atoms with Gasteiger partial charge in [0.1, 0.15) is 11.6 Å². The van der Waals surface area contributed by atoms with E-state index in [0.717, 1.165) is 37.7 Å². The maximum Gasteiger partial charge on any atom is 0.241 e. The van der Waals surface area contributed by atoms with E-state index in [1.54, 1.807) is 12.3 Å². The van der Waals surface area contributed by atoms with Crippen LogP contribution in [0.25, 0.3) is 11.6 Å². The molecule has 0 aromatic carbocycles. The Morgan fingerprint density at radius 1 is 1.27 bits per heavy atom. The van der Waals surface area contributed by atoms with Gasteiger partial charge in [-0.25, -0.2) is 0 Å². The molecule has 4 rings (SSSR count). The molecule has 0 fully saturated rings. The van der Waals surface area contributed by atoms with Crippen LogP contribution in [0.5, 0.6) is 0 Å². The molecule has 8 heteroatoms. The van der Waals surface area contributed by atoms with Crippen molar-refractivity contribution in [3.05, 3.63) is 35.9 Å².